The third kappa shape index (κ3) is 13.6. The van der Waals surface area contributed by atoms with Gasteiger partial charge in [0, 0.05) is 105 Å². The first-order valence-electron chi connectivity index (χ1n) is 24.2. The van der Waals surface area contributed by atoms with E-state index in [1.165, 1.54) is 34.9 Å². The van der Waals surface area contributed by atoms with Crippen molar-refractivity contribution in [2.75, 3.05) is 47.5 Å². The number of unbranched alkanes of at least 4 members (excludes halogenated alkanes) is 2. The van der Waals surface area contributed by atoms with Gasteiger partial charge in [0.15, 0.2) is 6.54 Å². The van der Waals surface area contributed by atoms with E-state index in [4.69, 9.17) is 0 Å². The molecule has 18 nitrogen and oxygen atoms in total. The number of nitrogens with zero attached hydrogens (tertiary/aromatic N) is 4. The molecule has 3 N–H and O–H groups in total. The Balaban J connectivity index is 1.18. The van der Waals surface area contributed by atoms with Crippen molar-refractivity contribution < 1.29 is 66.0 Å². The average Bonchev–Trinajstić information content (AvgIpc) is 4.02. The Bertz CT molecular complexity index is 3910. The van der Waals surface area contributed by atoms with Crippen LogP contribution in [0.2, 0.25) is 0 Å². The molecule has 76 heavy (non-hydrogen) atoms. The maximum atomic E-state index is 12.4. The molecule has 2 aliphatic rings. The normalized spacial score (nSPS) is 15.0. The van der Waals surface area contributed by atoms with Crippen LogP contribution >= 0.6 is 11.8 Å². The number of anilines is 2. The van der Waals surface area contributed by atoms with Crippen molar-refractivity contribution in [1.29, 1.82) is 0 Å². The quantitative estimate of drug-likeness (QED) is 0.0158. The molecular weight excluding hydrogens is 1080 g/mol. The first kappa shape index (κ1) is 55.9. The summed E-state index contributed by atoms with van der Waals surface area (Å²) in [7, 11) is -17.7. The molecule has 0 bridgehead atoms. The predicted molar refractivity (Wildman–Crippen MR) is 295 cm³/mol. The van der Waals surface area contributed by atoms with E-state index in [0.717, 1.165) is 44.7 Å². The van der Waals surface area contributed by atoms with Gasteiger partial charge in [-0.25, -0.2) is 8.42 Å². The molecule has 5 aromatic carbocycles. The Morgan fingerprint density at radius 1 is 0.671 bits per heavy atom. The van der Waals surface area contributed by atoms with Crippen LogP contribution in [0.25, 0.3) is 38.5 Å². The highest BCUT2D eigenvalue weighted by molar-refractivity contribution is 8.03. The Morgan fingerprint density at radius 2 is 1.37 bits per heavy atom. The molecule has 0 saturated carbocycles. The number of para-hydroxylation sites is 1. The van der Waals surface area contributed by atoms with E-state index in [-0.39, 0.29) is 61.0 Å². The van der Waals surface area contributed by atoms with Crippen molar-refractivity contribution in [3.63, 3.8) is 0 Å². The summed E-state index contributed by atoms with van der Waals surface area (Å²) in [6.07, 6.45) is 15.8. The number of allylic oxidation sites excluding steroid dienone is 5. The molecule has 3 heterocycles. The lowest BCUT2D eigenvalue weighted by molar-refractivity contribution is -0.435. The number of carbonyl (C=O) groups excluding carboxylic acids is 2. The molecule has 23 heteroatoms. The third-order valence-corrected chi connectivity index (χ3v) is 17.3. The van der Waals surface area contributed by atoms with Crippen LogP contribution in [-0.2, 0) is 56.6 Å². The molecule has 8 rings (SSSR count). The van der Waals surface area contributed by atoms with Gasteiger partial charge < -0.3 is 14.0 Å². The van der Waals surface area contributed by atoms with E-state index < -0.39 is 57.7 Å². The summed E-state index contributed by atoms with van der Waals surface area (Å²) in [6.45, 7) is 0.843. The van der Waals surface area contributed by atoms with Crippen LogP contribution in [0.3, 0.4) is 0 Å². The summed E-state index contributed by atoms with van der Waals surface area (Å²) in [5.74, 6) is -1.60. The van der Waals surface area contributed by atoms with Gasteiger partial charge in [-0.1, -0.05) is 67.1 Å². The number of hydrogen-bond donors (Lipinski definition) is 3. The van der Waals surface area contributed by atoms with Crippen molar-refractivity contribution in [2.24, 2.45) is 0 Å². The fourth-order valence-electron chi connectivity index (χ4n) is 9.68. The van der Waals surface area contributed by atoms with Gasteiger partial charge >= 0.3 is 0 Å². The molecule has 0 atom stereocenters. The number of aromatic nitrogens is 1. The standard InChI is InChI=1S/C53H54N4O14S5/c58-50-28-29-51(59)57(50)30-5-2-6-34-72-39(17-8-23-45-41-20-10-21-43-49(76(69,70)71)27-26-48(53(41)43)56(45)33-13-37-75(66,67)68)16-7-22-44-40-18-9-19-42-46(24-25-47(52(40)42)55(44)32-12-36-74(63,64)65)54(31-11-35-73(60,61)62)38-14-3-1-4-15-38/h1,3-4,7-10,14-29H,2,5-6,11-13,30-37H2,(H3-,60,61,62,63,64,65,66,67,68,69,70,71). The zero-order valence-electron chi connectivity index (χ0n) is 40.8. The van der Waals surface area contributed by atoms with Crippen molar-refractivity contribution in [2.45, 2.75) is 50.0 Å². The minimum absolute atomic E-state index is 0.0265. The number of hydrogen-bond acceptors (Lipinski definition) is 13. The van der Waals surface area contributed by atoms with E-state index in [1.54, 1.807) is 36.4 Å². The zero-order valence-corrected chi connectivity index (χ0v) is 44.9. The molecule has 2 aliphatic heterocycles. The maximum absolute atomic E-state index is 12.4. The smallest absolute Gasteiger partial charge is 0.295 e. The summed E-state index contributed by atoms with van der Waals surface area (Å²) in [6, 6.07) is 26.8. The number of rotatable bonds is 26. The summed E-state index contributed by atoms with van der Waals surface area (Å²) < 4.78 is 140. The van der Waals surface area contributed by atoms with Crippen LogP contribution in [-0.4, -0.2) is 126 Å². The molecule has 0 aliphatic carbocycles. The maximum Gasteiger partial charge on any atom is 0.295 e. The molecule has 6 aromatic rings. The summed E-state index contributed by atoms with van der Waals surface area (Å²) in [5.41, 5.74) is 4.42. The topological polar surface area (TPSA) is 269 Å². The Kier molecular flexibility index (Phi) is 17.3. The van der Waals surface area contributed by atoms with E-state index in [9.17, 15) is 61.5 Å². The average molecular weight is 1130 g/mol. The number of benzene rings is 5. The van der Waals surface area contributed by atoms with Crippen LogP contribution in [0.15, 0.2) is 143 Å². The van der Waals surface area contributed by atoms with Crippen molar-refractivity contribution in [3.05, 3.63) is 149 Å². The lowest BCUT2D eigenvalue weighted by Gasteiger charge is -2.26. The minimum Gasteiger partial charge on any atom is -0.748 e. The molecule has 0 radical (unpaired) electrons. The van der Waals surface area contributed by atoms with Crippen molar-refractivity contribution in [1.82, 2.24) is 9.47 Å². The summed E-state index contributed by atoms with van der Waals surface area (Å²) in [5, 5.41) is 3.69. The molecule has 0 fully saturated rings. The molecule has 2 amide bonds. The van der Waals surface area contributed by atoms with Gasteiger partial charge in [-0.2, -0.15) is 29.8 Å². The second-order valence-corrected chi connectivity index (χ2v) is 25.3. The summed E-state index contributed by atoms with van der Waals surface area (Å²) >= 11 is 1.53. The molecule has 400 valence electrons. The van der Waals surface area contributed by atoms with Gasteiger partial charge in [0.1, 0.15) is 4.90 Å². The fraction of sp³-hybridized carbons (Fsp3) is 0.264. The van der Waals surface area contributed by atoms with Crippen LogP contribution in [0, 0.1) is 0 Å². The SMILES string of the molecule is O=C1C=CC(=O)N1CCCCCSC(=C\C=C\C1=[N+](CCCS(=O)(=O)[O-])c2ccc(N(CCCS(=O)(=O)O)c3ccccc3)c3cccc1c23)/C=C/C=c1\c2cccc3c(S(=O)(=O)O)ccc(c32)n1CCCS(=O)(=O)O. The van der Waals surface area contributed by atoms with Gasteiger partial charge in [-0.05, 0) is 86.1 Å². The van der Waals surface area contributed by atoms with Gasteiger partial charge in [-0.3, -0.25) is 28.1 Å². The second kappa shape index (κ2) is 23.5. The predicted octanol–water partition coefficient (Wildman–Crippen LogP) is 7.29. The molecule has 0 spiro atoms. The molecular formula is C53H54N4O14S5. The van der Waals surface area contributed by atoms with E-state index in [0.29, 0.717) is 52.5 Å². The first-order chi connectivity index (χ1) is 36.1. The Morgan fingerprint density at radius 3 is 2.08 bits per heavy atom. The van der Waals surface area contributed by atoms with E-state index >= 15 is 0 Å². The number of amides is 2. The monoisotopic (exact) mass is 1130 g/mol. The second-order valence-electron chi connectivity index (χ2n) is 18.1. The highest BCUT2D eigenvalue weighted by Crippen LogP contribution is 2.42. The van der Waals surface area contributed by atoms with Crippen LogP contribution in [0.5, 0.6) is 0 Å². The van der Waals surface area contributed by atoms with Crippen LogP contribution < -0.4 is 10.2 Å². The number of carbonyl (C=O) groups is 2. The fourth-order valence-corrected chi connectivity index (χ4v) is 12.8. The van der Waals surface area contributed by atoms with Crippen LogP contribution in [0.1, 0.15) is 44.1 Å². The minimum atomic E-state index is -4.62. The first-order valence-corrected chi connectivity index (χ1v) is 31.4. The Hall–Kier alpha value is -6.28. The lowest BCUT2D eigenvalue weighted by atomic mass is 9.99. The van der Waals surface area contributed by atoms with Gasteiger partial charge in [-0.15, -0.1) is 11.8 Å². The van der Waals surface area contributed by atoms with Gasteiger partial charge in [0.25, 0.3) is 42.2 Å². The number of imide groups is 1. The zero-order chi connectivity index (χ0) is 54.4. The Labute approximate surface area is 445 Å². The third-order valence-electron chi connectivity index (χ3n) is 12.9. The highest BCUT2D eigenvalue weighted by Gasteiger charge is 2.32. The van der Waals surface area contributed by atoms with E-state index in [1.807, 2.05) is 99.0 Å². The summed E-state index contributed by atoms with van der Waals surface area (Å²) in [4.78, 5) is 27.9. The molecule has 0 unspecified atom stereocenters. The molecule has 0 saturated heterocycles. The highest BCUT2D eigenvalue weighted by atomic mass is 32.2. The van der Waals surface area contributed by atoms with Gasteiger partial charge in [0.05, 0.1) is 32.6 Å². The molecule has 1 aromatic heterocycles. The van der Waals surface area contributed by atoms with Crippen molar-refractivity contribution in [3.8, 4) is 0 Å². The van der Waals surface area contributed by atoms with Crippen molar-refractivity contribution >= 4 is 125 Å². The van der Waals surface area contributed by atoms with Gasteiger partial charge in [0.2, 0.25) is 11.4 Å². The number of thioether (sulfide) groups is 1. The lowest BCUT2D eigenvalue weighted by Crippen LogP contribution is -2.30. The van der Waals surface area contributed by atoms with Crippen LogP contribution in [0.4, 0.5) is 17.1 Å². The largest absolute Gasteiger partial charge is 0.748 e. The van der Waals surface area contributed by atoms with E-state index in [2.05, 4.69) is 0 Å². The number of aryl methyl sites for hydroxylation is 1.